The van der Waals surface area contributed by atoms with Crippen LogP contribution in [-0.2, 0) is 14.3 Å². The van der Waals surface area contributed by atoms with E-state index in [-0.39, 0.29) is 17.3 Å². The smallest absolute Gasteiger partial charge is 0.408 e. The number of nitrogens with one attached hydrogen (secondary N) is 1. The zero-order valence-electron chi connectivity index (χ0n) is 14.8. The molecule has 4 atom stereocenters. The number of fused-ring (bicyclic) bond motifs is 1. The zero-order chi connectivity index (χ0) is 16.9. The molecule has 5 heteroatoms. The van der Waals surface area contributed by atoms with Gasteiger partial charge in [-0.15, -0.1) is 0 Å². The van der Waals surface area contributed by atoms with Gasteiger partial charge >= 0.3 is 12.1 Å². The molecule has 0 aromatic rings. The van der Waals surface area contributed by atoms with Crippen LogP contribution < -0.4 is 5.32 Å². The van der Waals surface area contributed by atoms with Crippen molar-refractivity contribution in [2.24, 2.45) is 23.2 Å². The van der Waals surface area contributed by atoms with Crippen molar-refractivity contribution in [1.29, 1.82) is 0 Å². The average molecular weight is 311 g/mol. The average Bonchev–Trinajstić information content (AvgIpc) is 2.84. The Bertz CT molecular complexity index is 480. The first-order chi connectivity index (χ1) is 9.90. The summed E-state index contributed by atoms with van der Waals surface area (Å²) in [6.07, 6.45) is 1.07. The second kappa shape index (κ2) is 5.14. The van der Waals surface area contributed by atoms with Crippen LogP contribution in [0.25, 0.3) is 0 Å². The molecule has 2 aliphatic carbocycles. The highest BCUT2D eigenvalue weighted by molar-refractivity contribution is 5.77. The Kier molecular flexibility index (Phi) is 3.99. The summed E-state index contributed by atoms with van der Waals surface area (Å²) in [7, 11) is 1.40. The standard InChI is InChI=1S/C17H29NO4/c1-15(2,3)22-14(20)18-17(6)9-12-10(16(12,4)5)8-11(17)13(19)21-7/h10-12H,8-9H2,1-7H3,(H,18,20)/t10-,11+,12+,17+/m1/s1. The molecule has 0 saturated heterocycles. The van der Waals surface area contributed by atoms with Crippen LogP contribution in [0.5, 0.6) is 0 Å². The Morgan fingerprint density at radius 2 is 1.73 bits per heavy atom. The van der Waals surface area contributed by atoms with Crippen LogP contribution >= 0.6 is 0 Å². The van der Waals surface area contributed by atoms with E-state index in [0.29, 0.717) is 11.8 Å². The molecule has 0 bridgehead atoms. The van der Waals surface area contributed by atoms with Crippen molar-refractivity contribution in [2.75, 3.05) is 7.11 Å². The van der Waals surface area contributed by atoms with Crippen LogP contribution in [0.1, 0.15) is 54.4 Å². The van der Waals surface area contributed by atoms with E-state index in [4.69, 9.17) is 9.47 Å². The predicted octanol–water partition coefficient (Wildman–Crippen LogP) is 3.13. The number of rotatable bonds is 2. The van der Waals surface area contributed by atoms with Gasteiger partial charge in [0.25, 0.3) is 0 Å². The molecule has 126 valence electrons. The molecule has 2 fully saturated rings. The van der Waals surface area contributed by atoms with Crippen LogP contribution in [0.2, 0.25) is 0 Å². The molecule has 0 unspecified atom stereocenters. The summed E-state index contributed by atoms with van der Waals surface area (Å²) in [5.74, 6) is 0.492. The maximum atomic E-state index is 12.2. The van der Waals surface area contributed by atoms with Gasteiger partial charge in [-0.25, -0.2) is 4.79 Å². The molecule has 1 amide bonds. The van der Waals surface area contributed by atoms with E-state index >= 15 is 0 Å². The molecule has 0 aromatic heterocycles. The monoisotopic (exact) mass is 311 g/mol. The van der Waals surface area contributed by atoms with Gasteiger partial charge in [-0.3, -0.25) is 4.79 Å². The number of hydrogen-bond acceptors (Lipinski definition) is 4. The van der Waals surface area contributed by atoms with Crippen LogP contribution in [0.15, 0.2) is 0 Å². The molecule has 0 aromatic carbocycles. The van der Waals surface area contributed by atoms with Crippen LogP contribution in [-0.4, -0.2) is 30.3 Å². The Morgan fingerprint density at radius 3 is 2.23 bits per heavy atom. The van der Waals surface area contributed by atoms with Gasteiger partial charge in [0, 0.05) is 0 Å². The maximum Gasteiger partial charge on any atom is 0.408 e. The lowest BCUT2D eigenvalue weighted by atomic mass is 9.74. The van der Waals surface area contributed by atoms with Crippen molar-refractivity contribution in [3.05, 3.63) is 0 Å². The van der Waals surface area contributed by atoms with E-state index < -0.39 is 17.2 Å². The molecule has 2 saturated carbocycles. The summed E-state index contributed by atoms with van der Waals surface area (Å²) in [5.41, 5.74) is -0.943. The normalized spacial score (nSPS) is 36.0. The van der Waals surface area contributed by atoms with Crippen molar-refractivity contribution in [2.45, 2.75) is 65.5 Å². The third-order valence-corrected chi connectivity index (χ3v) is 5.46. The van der Waals surface area contributed by atoms with E-state index in [2.05, 4.69) is 19.2 Å². The lowest BCUT2D eigenvalue weighted by Crippen LogP contribution is -2.57. The van der Waals surface area contributed by atoms with Gasteiger partial charge in [0.15, 0.2) is 0 Å². The fourth-order valence-corrected chi connectivity index (χ4v) is 4.02. The first kappa shape index (κ1) is 17.1. The number of methoxy groups -OCH3 is 1. The lowest BCUT2D eigenvalue weighted by Gasteiger charge is -2.40. The van der Waals surface area contributed by atoms with Gasteiger partial charge < -0.3 is 14.8 Å². The van der Waals surface area contributed by atoms with Gasteiger partial charge in [0.05, 0.1) is 18.6 Å². The minimum atomic E-state index is -0.621. The number of hydrogen-bond donors (Lipinski definition) is 1. The largest absolute Gasteiger partial charge is 0.469 e. The number of ether oxygens (including phenoxy) is 2. The van der Waals surface area contributed by atoms with Crippen molar-refractivity contribution in [1.82, 2.24) is 5.32 Å². The molecule has 1 N–H and O–H groups in total. The van der Waals surface area contributed by atoms with Crippen molar-refractivity contribution in [3.63, 3.8) is 0 Å². The Labute approximate surface area is 133 Å². The Morgan fingerprint density at radius 1 is 1.14 bits per heavy atom. The summed E-state index contributed by atoms with van der Waals surface area (Å²) < 4.78 is 10.3. The van der Waals surface area contributed by atoms with E-state index in [1.807, 2.05) is 27.7 Å². The van der Waals surface area contributed by atoms with Crippen molar-refractivity contribution >= 4 is 12.1 Å². The summed E-state index contributed by atoms with van der Waals surface area (Å²) >= 11 is 0. The second-order valence-corrected chi connectivity index (χ2v) is 8.59. The second-order valence-electron chi connectivity index (χ2n) is 8.59. The van der Waals surface area contributed by atoms with E-state index in [1.54, 1.807) is 0 Å². The molecule has 0 spiro atoms. The first-order valence-electron chi connectivity index (χ1n) is 8.00. The highest BCUT2D eigenvalue weighted by Crippen LogP contribution is 2.67. The van der Waals surface area contributed by atoms with E-state index in [9.17, 15) is 9.59 Å². The highest BCUT2D eigenvalue weighted by Gasteiger charge is 2.65. The van der Waals surface area contributed by atoms with E-state index in [1.165, 1.54) is 7.11 Å². The number of carbonyl (C=O) groups excluding carboxylic acids is 2. The summed E-state index contributed by atoms with van der Waals surface area (Å²) in [6.45, 7) is 11.9. The summed E-state index contributed by atoms with van der Waals surface area (Å²) in [5, 5.41) is 2.95. The Balaban J connectivity index is 2.16. The van der Waals surface area contributed by atoms with Crippen LogP contribution in [0.4, 0.5) is 4.79 Å². The number of amides is 1. The molecule has 2 aliphatic rings. The van der Waals surface area contributed by atoms with Gasteiger partial charge in [-0.1, -0.05) is 13.8 Å². The lowest BCUT2D eigenvalue weighted by molar-refractivity contribution is -0.149. The topological polar surface area (TPSA) is 64.6 Å². The SMILES string of the molecule is COC(=O)[C@@H]1C[C@@H]2[C@H](C[C@]1(C)NC(=O)OC(C)(C)C)C2(C)C. The summed E-state index contributed by atoms with van der Waals surface area (Å²) in [4.78, 5) is 24.4. The van der Waals surface area contributed by atoms with Gasteiger partial charge in [-0.05, 0) is 57.8 Å². The summed E-state index contributed by atoms with van der Waals surface area (Å²) in [6, 6.07) is 0. The van der Waals surface area contributed by atoms with Crippen molar-refractivity contribution < 1.29 is 19.1 Å². The fourth-order valence-electron chi connectivity index (χ4n) is 4.02. The first-order valence-corrected chi connectivity index (χ1v) is 8.00. The molecule has 22 heavy (non-hydrogen) atoms. The number of alkyl carbamates (subject to hydrolysis) is 1. The van der Waals surface area contributed by atoms with Crippen LogP contribution in [0, 0.1) is 23.2 Å². The molecule has 5 nitrogen and oxygen atoms in total. The molecular weight excluding hydrogens is 282 g/mol. The molecule has 2 rings (SSSR count). The number of esters is 1. The molecule has 0 radical (unpaired) electrons. The van der Waals surface area contributed by atoms with Gasteiger partial charge in [0.2, 0.25) is 0 Å². The van der Waals surface area contributed by atoms with E-state index in [0.717, 1.165) is 12.8 Å². The molecule has 0 heterocycles. The highest BCUT2D eigenvalue weighted by atomic mass is 16.6. The molecular formula is C17H29NO4. The quantitative estimate of drug-likeness (QED) is 0.796. The maximum absolute atomic E-state index is 12.2. The molecule has 0 aliphatic heterocycles. The fraction of sp³-hybridized carbons (Fsp3) is 0.882. The minimum absolute atomic E-state index is 0.236. The predicted molar refractivity (Wildman–Crippen MR) is 83.3 cm³/mol. The zero-order valence-corrected chi connectivity index (χ0v) is 14.8. The van der Waals surface area contributed by atoms with Crippen molar-refractivity contribution in [3.8, 4) is 0 Å². The van der Waals surface area contributed by atoms with Crippen LogP contribution in [0.3, 0.4) is 0 Å². The Hall–Kier alpha value is -1.26. The minimum Gasteiger partial charge on any atom is -0.469 e. The third-order valence-electron chi connectivity index (χ3n) is 5.46. The third kappa shape index (κ3) is 3.08. The van der Waals surface area contributed by atoms with Gasteiger partial charge in [0.1, 0.15) is 5.60 Å². The van der Waals surface area contributed by atoms with Gasteiger partial charge in [-0.2, -0.15) is 0 Å². The number of carbonyl (C=O) groups is 2.